The molecule has 0 radical (unpaired) electrons. The zero-order chi connectivity index (χ0) is 22.1. The molecule has 2 rings (SSSR count). The van der Waals surface area contributed by atoms with Gasteiger partial charge in [-0.05, 0) is 54.0 Å². The Balaban J connectivity index is 2.68. The van der Waals surface area contributed by atoms with Crippen LogP contribution in [0.5, 0.6) is 0 Å². The van der Waals surface area contributed by atoms with Crippen molar-refractivity contribution >= 4 is 16.9 Å². The first-order chi connectivity index (χ1) is 14.3. The van der Waals surface area contributed by atoms with E-state index >= 15 is 0 Å². The highest BCUT2D eigenvalue weighted by molar-refractivity contribution is 8.14. The van der Waals surface area contributed by atoms with Crippen molar-refractivity contribution in [1.29, 1.82) is 0 Å². The van der Waals surface area contributed by atoms with Gasteiger partial charge in [-0.1, -0.05) is 54.8 Å². The van der Waals surface area contributed by atoms with E-state index in [1.807, 2.05) is 19.0 Å². The summed E-state index contributed by atoms with van der Waals surface area (Å²) >= 11 is 1.45. The average molecular weight is 431 g/mol. The van der Waals surface area contributed by atoms with Gasteiger partial charge in [0.1, 0.15) is 17.5 Å². The fraction of sp³-hybridized carbons (Fsp3) is 0.208. The van der Waals surface area contributed by atoms with Crippen molar-refractivity contribution in [2.24, 2.45) is 4.99 Å². The molecule has 0 unspecified atom stereocenters. The predicted molar refractivity (Wildman–Crippen MR) is 121 cm³/mol. The largest absolute Gasteiger partial charge is 0.358 e. The smallest absolute Gasteiger partial charge is 0.159 e. The Morgan fingerprint density at radius 1 is 1.03 bits per heavy atom. The van der Waals surface area contributed by atoms with E-state index in [1.54, 1.807) is 37.4 Å². The minimum Gasteiger partial charge on any atom is -0.358 e. The average Bonchev–Trinajstić information content (AvgIpc) is 2.72. The highest BCUT2D eigenvalue weighted by Gasteiger charge is 2.36. The van der Waals surface area contributed by atoms with E-state index in [1.165, 1.54) is 54.3 Å². The molecule has 0 atom stereocenters. The molecule has 0 N–H and O–H groups in total. The lowest BCUT2D eigenvalue weighted by atomic mass is 9.87. The summed E-state index contributed by atoms with van der Waals surface area (Å²) in [5.41, 5.74) is 1.59. The monoisotopic (exact) mass is 430 g/mol. The Hall–Kier alpha value is -2.73. The molecule has 0 aliphatic rings. The van der Waals surface area contributed by atoms with Crippen LogP contribution < -0.4 is 0 Å². The topological polar surface area (TPSA) is 15.6 Å². The predicted octanol–water partition coefficient (Wildman–Crippen LogP) is 6.47. The van der Waals surface area contributed by atoms with Gasteiger partial charge in [-0.2, -0.15) is 0 Å². The number of aliphatic imine (C=N–C) groups is 1. The molecule has 0 aliphatic carbocycles. The number of amidine groups is 1. The SMILES string of the molecule is C=C/C=C(F)\C=C/CC(SC(=NC)N(C)C)(c1ccc(F)cc1)c1ccc(F)cc1. The zero-order valence-electron chi connectivity index (χ0n) is 17.3. The number of rotatable bonds is 7. The van der Waals surface area contributed by atoms with Crippen molar-refractivity contribution in [2.45, 2.75) is 11.2 Å². The first-order valence-corrected chi connectivity index (χ1v) is 10.1. The van der Waals surface area contributed by atoms with Gasteiger partial charge in [0.2, 0.25) is 0 Å². The van der Waals surface area contributed by atoms with Crippen LogP contribution in [-0.4, -0.2) is 31.2 Å². The molecule has 2 aromatic carbocycles. The van der Waals surface area contributed by atoms with Crippen molar-refractivity contribution < 1.29 is 13.2 Å². The van der Waals surface area contributed by atoms with E-state index in [2.05, 4.69) is 11.6 Å². The summed E-state index contributed by atoms with van der Waals surface area (Å²) in [5.74, 6) is -1.15. The van der Waals surface area contributed by atoms with Crippen LogP contribution >= 0.6 is 11.8 Å². The van der Waals surface area contributed by atoms with Crippen LogP contribution in [-0.2, 0) is 4.75 Å². The molecule has 0 bridgehead atoms. The summed E-state index contributed by atoms with van der Waals surface area (Å²) in [5, 5.41) is 0.721. The Morgan fingerprint density at radius 2 is 1.53 bits per heavy atom. The molecule has 0 saturated heterocycles. The molecule has 30 heavy (non-hydrogen) atoms. The van der Waals surface area contributed by atoms with E-state index < -0.39 is 10.6 Å². The van der Waals surface area contributed by atoms with Crippen LogP contribution in [0, 0.1) is 11.6 Å². The zero-order valence-corrected chi connectivity index (χ0v) is 18.1. The van der Waals surface area contributed by atoms with Gasteiger partial charge in [0, 0.05) is 21.1 Å². The summed E-state index contributed by atoms with van der Waals surface area (Å²) in [6, 6.07) is 12.3. The number of allylic oxidation sites excluding steroid dienone is 5. The standard InChI is InChI=1S/C24H25F3N2S/c1-5-7-20(25)8-6-17-24(30-23(28-2)29(3)4,18-9-13-21(26)14-10-18)19-11-15-22(27)16-12-19/h5-16H,1,17H2,2-4H3/b8-6-,20-7+,28-23?. The van der Waals surface area contributed by atoms with E-state index in [-0.39, 0.29) is 11.6 Å². The number of hydrogen-bond donors (Lipinski definition) is 0. The number of thioether (sulfide) groups is 1. The van der Waals surface area contributed by atoms with Gasteiger partial charge in [-0.3, -0.25) is 4.99 Å². The molecule has 2 aromatic rings. The first kappa shape index (κ1) is 23.5. The summed E-state index contributed by atoms with van der Waals surface area (Å²) in [6.45, 7) is 3.49. The summed E-state index contributed by atoms with van der Waals surface area (Å²) in [7, 11) is 5.43. The van der Waals surface area contributed by atoms with Crippen molar-refractivity contribution in [3.63, 3.8) is 0 Å². The molecule has 2 nitrogen and oxygen atoms in total. The van der Waals surface area contributed by atoms with Crippen LogP contribution in [0.1, 0.15) is 17.5 Å². The first-order valence-electron chi connectivity index (χ1n) is 9.32. The Labute approximate surface area is 180 Å². The minimum atomic E-state index is -0.786. The number of hydrogen-bond acceptors (Lipinski definition) is 2. The van der Waals surface area contributed by atoms with Crippen LogP contribution in [0.3, 0.4) is 0 Å². The summed E-state index contributed by atoms with van der Waals surface area (Å²) in [6.07, 6.45) is 6.07. The maximum atomic E-state index is 13.9. The van der Waals surface area contributed by atoms with Gasteiger partial charge in [0.05, 0.1) is 4.75 Å². The third-order valence-electron chi connectivity index (χ3n) is 4.42. The van der Waals surface area contributed by atoms with Gasteiger partial charge in [0.25, 0.3) is 0 Å². The quantitative estimate of drug-likeness (QED) is 0.284. The van der Waals surface area contributed by atoms with Crippen molar-refractivity contribution in [3.05, 3.63) is 108 Å². The third-order valence-corrected chi connectivity index (χ3v) is 6.14. The van der Waals surface area contributed by atoms with Crippen LogP contribution in [0.4, 0.5) is 13.2 Å². The van der Waals surface area contributed by atoms with Crippen molar-refractivity contribution in [2.75, 3.05) is 21.1 Å². The Kier molecular flexibility index (Phi) is 8.54. The van der Waals surface area contributed by atoms with Crippen LogP contribution in [0.25, 0.3) is 0 Å². The molecular formula is C24H25F3N2S. The summed E-state index contributed by atoms with van der Waals surface area (Å²) < 4.78 is 40.4. The second-order valence-corrected chi connectivity index (χ2v) is 8.00. The molecule has 0 aliphatic heterocycles. The highest BCUT2D eigenvalue weighted by Crippen LogP contribution is 2.47. The Morgan fingerprint density at radius 3 is 1.93 bits per heavy atom. The van der Waals surface area contributed by atoms with Crippen LogP contribution in [0.15, 0.2) is 90.2 Å². The number of nitrogens with zero attached hydrogens (tertiary/aromatic N) is 2. The number of benzene rings is 2. The molecule has 0 spiro atoms. The lowest BCUT2D eigenvalue weighted by Gasteiger charge is -2.35. The van der Waals surface area contributed by atoms with E-state index in [4.69, 9.17) is 0 Å². The molecular weight excluding hydrogens is 405 g/mol. The van der Waals surface area contributed by atoms with Crippen molar-refractivity contribution in [3.8, 4) is 0 Å². The van der Waals surface area contributed by atoms with Gasteiger partial charge in [-0.25, -0.2) is 13.2 Å². The molecule has 0 amide bonds. The third kappa shape index (κ3) is 5.89. The Bertz CT molecular complexity index is 884. The van der Waals surface area contributed by atoms with E-state index in [0.717, 1.165) is 16.3 Å². The van der Waals surface area contributed by atoms with Gasteiger partial charge < -0.3 is 4.90 Å². The number of halogens is 3. The fourth-order valence-electron chi connectivity index (χ4n) is 3.00. The molecule has 0 aromatic heterocycles. The second-order valence-electron chi connectivity index (χ2n) is 6.74. The fourth-order valence-corrected chi connectivity index (χ4v) is 4.27. The van der Waals surface area contributed by atoms with Gasteiger partial charge in [0.15, 0.2) is 5.17 Å². The van der Waals surface area contributed by atoms with Gasteiger partial charge in [-0.15, -0.1) is 0 Å². The molecule has 0 heterocycles. The van der Waals surface area contributed by atoms with E-state index in [0.29, 0.717) is 6.42 Å². The molecule has 0 saturated carbocycles. The highest BCUT2D eigenvalue weighted by atomic mass is 32.2. The summed E-state index contributed by atoms with van der Waals surface area (Å²) in [4.78, 5) is 6.24. The van der Waals surface area contributed by atoms with Crippen molar-refractivity contribution in [1.82, 2.24) is 4.90 Å². The lowest BCUT2D eigenvalue weighted by Crippen LogP contribution is -2.30. The molecule has 0 fully saturated rings. The normalized spacial score (nSPS) is 13.0. The van der Waals surface area contributed by atoms with Crippen LogP contribution in [0.2, 0.25) is 0 Å². The lowest BCUT2D eigenvalue weighted by molar-refractivity contribution is 0.621. The second kappa shape index (κ2) is 10.9. The maximum Gasteiger partial charge on any atom is 0.159 e. The van der Waals surface area contributed by atoms with E-state index in [9.17, 15) is 13.2 Å². The molecule has 158 valence electrons. The van der Waals surface area contributed by atoms with Gasteiger partial charge >= 0.3 is 0 Å². The molecule has 6 heteroatoms. The maximum absolute atomic E-state index is 13.9. The minimum absolute atomic E-state index is 0.357.